The van der Waals surface area contributed by atoms with E-state index in [1.165, 1.54) is 5.56 Å². The van der Waals surface area contributed by atoms with E-state index in [9.17, 15) is 9.59 Å². The number of nitrogens with zero attached hydrogens (tertiary/aromatic N) is 2. The van der Waals surface area contributed by atoms with Gasteiger partial charge in [-0.2, -0.15) is 0 Å². The smallest absolute Gasteiger partial charge is 0.253 e. The highest BCUT2D eigenvalue weighted by atomic mass is 32.1. The molecule has 0 unspecified atom stereocenters. The van der Waals surface area contributed by atoms with Gasteiger partial charge < -0.3 is 20.4 Å². The predicted molar refractivity (Wildman–Crippen MR) is 134 cm³/mol. The van der Waals surface area contributed by atoms with E-state index in [0.29, 0.717) is 24.6 Å². The molecule has 1 saturated heterocycles. The summed E-state index contributed by atoms with van der Waals surface area (Å²) >= 11 is 5.22. The third-order valence-electron chi connectivity index (χ3n) is 5.68. The lowest BCUT2D eigenvalue weighted by atomic mass is 10.1. The Morgan fingerprint density at radius 1 is 0.938 bits per heavy atom. The number of carbonyl (C=O) groups excluding carboxylic acids is 2. The van der Waals surface area contributed by atoms with Crippen LogP contribution >= 0.6 is 12.2 Å². The number of anilines is 2. The lowest BCUT2D eigenvalue weighted by Crippen LogP contribution is -2.48. The molecule has 170 valence electrons. The number of benzene rings is 2. The molecule has 1 aliphatic heterocycles. The van der Waals surface area contributed by atoms with Crippen molar-refractivity contribution in [1.82, 2.24) is 10.2 Å². The van der Waals surface area contributed by atoms with Crippen LogP contribution in [0.3, 0.4) is 0 Å². The summed E-state index contributed by atoms with van der Waals surface area (Å²) in [6.07, 6.45) is 3.29. The van der Waals surface area contributed by atoms with E-state index in [2.05, 4.69) is 22.5 Å². The zero-order chi connectivity index (χ0) is 22.9. The van der Waals surface area contributed by atoms with E-state index >= 15 is 0 Å². The summed E-state index contributed by atoms with van der Waals surface area (Å²) in [7, 11) is 0. The molecule has 1 aliphatic rings. The van der Waals surface area contributed by atoms with Gasteiger partial charge in [0.15, 0.2) is 5.11 Å². The van der Waals surface area contributed by atoms with Crippen molar-refractivity contribution in [2.75, 3.05) is 36.4 Å². The molecule has 7 heteroatoms. The maximum absolute atomic E-state index is 12.8. The number of hydrogen-bond donors (Lipinski definition) is 2. The van der Waals surface area contributed by atoms with Crippen LogP contribution in [0.4, 0.5) is 11.4 Å². The molecule has 32 heavy (non-hydrogen) atoms. The summed E-state index contributed by atoms with van der Waals surface area (Å²) in [5, 5.41) is 6.08. The Labute approximate surface area is 196 Å². The molecular formula is C25H32N4O2S. The van der Waals surface area contributed by atoms with Crippen molar-refractivity contribution in [2.24, 2.45) is 0 Å². The Kier molecular flexibility index (Phi) is 8.62. The van der Waals surface area contributed by atoms with E-state index in [1.807, 2.05) is 60.4 Å². The number of hydrogen-bond acceptors (Lipinski definition) is 4. The first-order valence-electron chi connectivity index (χ1n) is 11.3. The first-order chi connectivity index (χ1) is 15.5. The second-order valence-corrected chi connectivity index (χ2v) is 8.39. The van der Waals surface area contributed by atoms with Gasteiger partial charge >= 0.3 is 0 Å². The Bertz CT molecular complexity index is 920. The van der Waals surface area contributed by atoms with E-state index in [4.69, 9.17) is 12.2 Å². The largest absolute Gasteiger partial charge is 0.368 e. The minimum absolute atomic E-state index is 0.0605. The highest BCUT2D eigenvalue weighted by Gasteiger charge is 2.22. The van der Waals surface area contributed by atoms with Crippen molar-refractivity contribution in [3.8, 4) is 0 Å². The lowest BCUT2D eigenvalue weighted by molar-refractivity contribution is -0.119. The quantitative estimate of drug-likeness (QED) is 0.616. The second-order valence-electron chi connectivity index (χ2n) is 7.98. The highest BCUT2D eigenvalue weighted by Crippen LogP contribution is 2.20. The van der Waals surface area contributed by atoms with Crippen LogP contribution in [0.5, 0.6) is 0 Å². The Balaban J connectivity index is 1.48. The van der Waals surface area contributed by atoms with Crippen molar-refractivity contribution < 1.29 is 9.59 Å². The van der Waals surface area contributed by atoms with Crippen LogP contribution in [-0.4, -0.2) is 48.0 Å². The standard InChI is InChI=1S/C25H32N4O2S/c1-3-5-6-23(30)27-25(32)26-21-11-13-22(14-12-21)28-15-17-29(18-16-28)24(31)20-9-7-19(4-2)8-10-20/h7-14H,3-6,15-18H2,1-2H3,(H2,26,27,30,32). The van der Waals surface area contributed by atoms with Crippen LogP contribution in [0.25, 0.3) is 0 Å². The number of amides is 2. The third-order valence-corrected chi connectivity index (χ3v) is 5.88. The van der Waals surface area contributed by atoms with Crippen molar-refractivity contribution in [3.05, 3.63) is 59.7 Å². The summed E-state index contributed by atoms with van der Waals surface area (Å²) < 4.78 is 0. The van der Waals surface area contributed by atoms with Gasteiger partial charge in [0.2, 0.25) is 5.91 Å². The van der Waals surface area contributed by atoms with Gasteiger partial charge in [0.25, 0.3) is 5.91 Å². The highest BCUT2D eigenvalue weighted by molar-refractivity contribution is 7.80. The molecule has 0 spiro atoms. The summed E-state index contributed by atoms with van der Waals surface area (Å²) in [5.41, 5.74) is 3.93. The van der Waals surface area contributed by atoms with E-state index in [-0.39, 0.29) is 11.8 Å². The van der Waals surface area contributed by atoms with Gasteiger partial charge in [-0.15, -0.1) is 0 Å². The van der Waals surface area contributed by atoms with Crippen LogP contribution in [0.2, 0.25) is 0 Å². The van der Waals surface area contributed by atoms with Crippen molar-refractivity contribution >= 4 is 40.5 Å². The summed E-state index contributed by atoms with van der Waals surface area (Å²) in [6, 6.07) is 15.9. The molecule has 2 aromatic rings. The first-order valence-corrected chi connectivity index (χ1v) is 11.7. The van der Waals surface area contributed by atoms with Crippen molar-refractivity contribution in [1.29, 1.82) is 0 Å². The maximum Gasteiger partial charge on any atom is 0.253 e. The van der Waals surface area contributed by atoms with Crippen LogP contribution in [-0.2, 0) is 11.2 Å². The summed E-state index contributed by atoms with van der Waals surface area (Å²) in [6.45, 7) is 7.13. The van der Waals surface area contributed by atoms with Gasteiger partial charge in [0, 0.05) is 49.5 Å². The molecule has 2 amide bonds. The van der Waals surface area contributed by atoms with Crippen LogP contribution in [0, 0.1) is 0 Å². The van der Waals surface area contributed by atoms with Gasteiger partial charge in [0.1, 0.15) is 0 Å². The first kappa shape index (κ1) is 23.7. The molecule has 1 heterocycles. The van der Waals surface area contributed by atoms with Crippen LogP contribution < -0.4 is 15.5 Å². The van der Waals surface area contributed by atoms with Crippen molar-refractivity contribution in [2.45, 2.75) is 39.5 Å². The molecule has 0 saturated carbocycles. The SMILES string of the molecule is CCCCC(=O)NC(=S)Nc1ccc(N2CCN(C(=O)c3ccc(CC)cc3)CC2)cc1. The number of piperazine rings is 1. The number of nitrogens with one attached hydrogen (secondary N) is 2. The van der Waals surface area contributed by atoms with E-state index in [0.717, 1.165) is 49.3 Å². The molecule has 0 atom stereocenters. The van der Waals surface area contributed by atoms with Gasteiger partial charge in [0.05, 0.1) is 0 Å². The fourth-order valence-corrected chi connectivity index (χ4v) is 3.91. The molecule has 0 radical (unpaired) electrons. The molecule has 1 fully saturated rings. The molecule has 6 nitrogen and oxygen atoms in total. The molecule has 0 bridgehead atoms. The second kappa shape index (κ2) is 11.6. The zero-order valence-corrected chi connectivity index (χ0v) is 19.7. The number of rotatable bonds is 7. The van der Waals surface area contributed by atoms with Crippen molar-refractivity contribution in [3.63, 3.8) is 0 Å². The molecule has 0 aromatic heterocycles. The third kappa shape index (κ3) is 6.53. The van der Waals surface area contributed by atoms with Crippen LogP contribution in [0.15, 0.2) is 48.5 Å². The average Bonchev–Trinajstić information content (AvgIpc) is 2.83. The molecule has 2 aromatic carbocycles. The Morgan fingerprint density at radius 2 is 1.59 bits per heavy atom. The molecular weight excluding hydrogens is 420 g/mol. The minimum Gasteiger partial charge on any atom is -0.368 e. The number of aryl methyl sites for hydroxylation is 1. The zero-order valence-electron chi connectivity index (χ0n) is 18.9. The monoisotopic (exact) mass is 452 g/mol. The Morgan fingerprint density at radius 3 is 2.19 bits per heavy atom. The normalized spacial score (nSPS) is 13.6. The average molecular weight is 453 g/mol. The van der Waals surface area contributed by atoms with Crippen LogP contribution in [0.1, 0.15) is 49.0 Å². The fourth-order valence-electron chi connectivity index (χ4n) is 3.68. The molecule has 2 N–H and O–H groups in total. The van der Waals surface area contributed by atoms with E-state index < -0.39 is 0 Å². The molecule has 0 aliphatic carbocycles. The Hall–Kier alpha value is -2.93. The number of thiocarbonyl (C=S) groups is 1. The number of carbonyl (C=O) groups is 2. The maximum atomic E-state index is 12.8. The van der Waals surface area contributed by atoms with Gasteiger partial charge in [-0.3, -0.25) is 9.59 Å². The summed E-state index contributed by atoms with van der Waals surface area (Å²) in [5.74, 6) is 0.0380. The minimum atomic E-state index is -0.0605. The predicted octanol–water partition coefficient (Wildman–Crippen LogP) is 4.21. The fraction of sp³-hybridized carbons (Fsp3) is 0.400. The van der Waals surface area contributed by atoms with Gasteiger partial charge in [-0.25, -0.2) is 0 Å². The summed E-state index contributed by atoms with van der Waals surface area (Å²) in [4.78, 5) is 28.8. The topological polar surface area (TPSA) is 64.7 Å². The molecule has 3 rings (SSSR count). The van der Waals surface area contributed by atoms with Gasteiger partial charge in [-0.05, 0) is 67.0 Å². The lowest BCUT2D eigenvalue weighted by Gasteiger charge is -2.36. The number of unbranched alkanes of at least 4 members (excludes halogenated alkanes) is 1. The van der Waals surface area contributed by atoms with E-state index in [1.54, 1.807) is 0 Å². The van der Waals surface area contributed by atoms with Gasteiger partial charge in [-0.1, -0.05) is 32.4 Å².